The third-order valence-corrected chi connectivity index (χ3v) is 5.29. The zero-order valence-corrected chi connectivity index (χ0v) is 16.8. The number of nitro benzene ring substituents is 2. The van der Waals surface area contributed by atoms with Crippen LogP contribution in [0, 0.1) is 20.2 Å². The van der Waals surface area contributed by atoms with Crippen LogP contribution in [0.25, 0.3) is 0 Å². The summed E-state index contributed by atoms with van der Waals surface area (Å²) in [5.74, 6) is -1.86. The van der Waals surface area contributed by atoms with Gasteiger partial charge in [-0.1, -0.05) is 36.4 Å². The maximum absolute atomic E-state index is 12.7. The van der Waals surface area contributed by atoms with E-state index in [2.05, 4.69) is 4.40 Å². The van der Waals surface area contributed by atoms with Gasteiger partial charge in [-0.25, -0.2) is 4.79 Å². The van der Waals surface area contributed by atoms with E-state index in [0.29, 0.717) is 6.07 Å². The first kappa shape index (κ1) is 22.2. The van der Waals surface area contributed by atoms with Crippen LogP contribution in [0.3, 0.4) is 0 Å². The van der Waals surface area contributed by atoms with Crippen LogP contribution in [0.4, 0.5) is 11.4 Å². The second-order valence-corrected chi connectivity index (χ2v) is 7.80. The number of carbonyl (C=O) groups excluding carboxylic acids is 1. The van der Waals surface area contributed by atoms with Gasteiger partial charge in [0.1, 0.15) is 0 Å². The molecule has 0 unspecified atom stereocenters. The van der Waals surface area contributed by atoms with Gasteiger partial charge in [-0.3, -0.25) is 20.2 Å². The quantitative estimate of drug-likeness (QED) is 0.179. The van der Waals surface area contributed by atoms with Crippen molar-refractivity contribution in [3.8, 4) is 0 Å². The molecule has 3 rings (SSSR count). The molecule has 0 spiro atoms. The average Bonchev–Trinajstić information content (AvgIpc) is 2.79. The number of nitrogens with zero attached hydrogens (tertiary/aromatic N) is 3. The van der Waals surface area contributed by atoms with E-state index in [9.17, 15) is 33.4 Å². The molecule has 0 bridgehead atoms. The summed E-state index contributed by atoms with van der Waals surface area (Å²) in [4.78, 5) is 32.8. The van der Waals surface area contributed by atoms with E-state index in [4.69, 9.17) is 4.74 Å². The van der Waals surface area contributed by atoms with Crippen molar-refractivity contribution in [1.82, 2.24) is 0 Å². The number of carbonyl (C=O) groups is 1. The molecule has 0 amide bonds. The van der Waals surface area contributed by atoms with Gasteiger partial charge in [-0.2, -0.15) is 8.42 Å². The van der Waals surface area contributed by atoms with E-state index in [0.717, 1.165) is 12.1 Å². The number of hydrogen-bond acceptors (Lipinski definition) is 8. The Hall–Kier alpha value is -4.45. The Bertz CT molecular complexity index is 1290. The summed E-state index contributed by atoms with van der Waals surface area (Å²) < 4.78 is 34.1. The van der Waals surface area contributed by atoms with Crippen LogP contribution >= 0.6 is 0 Å². The number of benzene rings is 3. The summed E-state index contributed by atoms with van der Waals surface area (Å²) in [6.07, 6.45) is 0. The van der Waals surface area contributed by atoms with E-state index >= 15 is 0 Å². The summed E-state index contributed by atoms with van der Waals surface area (Å²) in [6, 6.07) is 17.0. The molecule has 0 heterocycles. The van der Waals surface area contributed by atoms with E-state index in [1.807, 2.05) is 0 Å². The number of non-ortho nitro benzene ring substituents is 2. The minimum Gasteiger partial charge on any atom is -0.402 e. The van der Waals surface area contributed by atoms with Crippen molar-refractivity contribution in [1.29, 1.82) is 0 Å². The fourth-order valence-electron chi connectivity index (χ4n) is 2.54. The lowest BCUT2D eigenvalue weighted by molar-refractivity contribution is -0.394. The fourth-order valence-corrected chi connectivity index (χ4v) is 3.50. The molecule has 0 fully saturated rings. The predicted molar refractivity (Wildman–Crippen MR) is 112 cm³/mol. The number of rotatable bonds is 6. The lowest BCUT2D eigenvalue weighted by Gasteiger charge is -2.09. The molecule has 0 radical (unpaired) electrons. The number of esters is 1. The molecule has 0 aromatic heterocycles. The predicted octanol–water partition coefficient (Wildman–Crippen LogP) is 3.50. The molecule has 32 heavy (non-hydrogen) atoms. The molecule has 12 heteroatoms. The van der Waals surface area contributed by atoms with E-state index in [1.165, 1.54) is 36.4 Å². The van der Waals surface area contributed by atoms with Crippen LogP contribution in [0.15, 0.2) is 88.2 Å². The lowest BCUT2D eigenvalue weighted by Crippen LogP contribution is -2.16. The van der Waals surface area contributed by atoms with Gasteiger partial charge < -0.3 is 4.74 Å². The first-order valence-corrected chi connectivity index (χ1v) is 10.2. The molecule has 0 atom stereocenters. The standard InChI is InChI=1S/C20H13N3O8S/c24-20(15-11-16(22(25)26)13-17(12-15)23(27)28)31-19(14-7-3-1-4-8-14)21-32(29,30)18-9-5-2-6-10-18/h1-13H. The van der Waals surface area contributed by atoms with Gasteiger partial charge in [0.25, 0.3) is 21.4 Å². The normalized spacial score (nSPS) is 11.6. The van der Waals surface area contributed by atoms with Gasteiger partial charge in [0.05, 0.1) is 26.4 Å². The van der Waals surface area contributed by atoms with Crippen LogP contribution in [0.5, 0.6) is 0 Å². The van der Waals surface area contributed by atoms with Gasteiger partial charge in [0.15, 0.2) is 0 Å². The summed E-state index contributed by atoms with van der Waals surface area (Å²) >= 11 is 0. The molecular weight excluding hydrogens is 442 g/mol. The van der Waals surface area contributed by atoms with Crippen molar-refractivity contribution in [2.24, 2.45) is 4.40 Å². The lowest BCUT2D eigenvalue weighted by atomic mass is 10.1. The Kier molecular flexibility index (Phi) is 6.35. The molecule has 0 aliphatic rings. The Morgan fingerprint density at radius 3 is 1.78 bits per heavy atom. The van der Waals surface area contributed by atoms with Crippen LogP contribution in [0.1, 0.15) is 15.9 Å². The molecular formula is C20H13N3O8S. The second kappa shape index (κ2) is 9.14. The highest BCUT2D eigenvalue weighted by molar-refractivity contribution is 7.90. The topological polar surface area (TPSA) is 159 Å². The highest BCUT2D eigenvalue weighted by Gasteiger charge is 2.24. The Morgan fingerprint density at radius 2 is 1.28 bits per heavy atom. The van der Waals surface area contributed by atoms with Gasteiger partial charge in [-0.15, -0.1) is 4.40 Å². The van der Waals surface area contributed by atoms with Crippen molar-refractivity contribution in [2.45, 2.75) is 4.90 Å². The van der Waals surface area contributed by atoms with E-state index in [1.54, 1.807) is 24.3 Å². The third-order valence-electron chi connectivity index (χ3n) is 4.01. The second-order valence-electron chi connectivity index (χ2n) is 6.19. The summed E-state index contributed by atoms with van der Waals surface area (Å²) in [7, 11) is -4.28. The third kappa shape index (κ3) is 5.17. The fraction of sp³-hybridized carbons (Fsp3) is 0. The first-order chi connectivity index (χ1) is 15.2. The number of hydrogen-bond donors (Lipinski definition) is 0. The maximum atomic E-state index is 12.7. The van der Waals surface area contributed by atoms with Crippen LogP contribution in [-0.2, 0) is 14.8 Å². The minimum atomic E-state index is -4.28. The Labute approximate surface area is 181 Å². The monoisotopic (exact) mass is 455 g/mol. The van der Waals surface area contributed by atoms with Crippen LogP contribution < -0.4 is 0 Å². The van der Waals surface area contributed by atoms with Crippen molar-refractivity contribution < 1.29 is 27.8 Å². The molecule has 0 aliphatic heterocycles. The van der Waals surface area contributed by atoms with Gasteiger partial charge in [0.2, 0.25) is 5.90 Å². The highest BCUT2D eigenvalue weighted by Crippen LogP contribution is 2.24. The first-order valence-electron chi connectivity index (χ1n) is 8.79. The smallest absolute Gasteiger partial charge is 0.345 e. The largest absolute Gasteiger partial charge is 0.402 e. The Morgan fingerprint density at radius 1 is 0.781 bits per heavy atom. The molecule has 162 valence electrons. The number of nitro groups is 2. The summed E-state index contributed by atoms with van der Waals surface area (Å²) in [5.41, 5.74) is -1.81. The summed E-state index contributed by atoms with van der Waals surface area (Å²) in [6.45, 7) is 0. The van der Waals surface area contributed by atoms with Crippen molar-refractivity contribution in [3.63, 3.8) is 0 Å². The zero-order valence-electron chi connectivity index (χ0n) is 16.0. The van der Waals surface area contributed by atoms with Crippen molar-refractivity contribution in [3.05, 3.63) is 110 Å². The SMILES string of the molecule is O=C(OC(=NS(=O)(=O)c1ccccc1)c1ccccc1)c1cc([N+](=O)[O-])cc([N+](=O)[O-])c1. The van der Waals surface area contributed by atoms with Gasteiger partial charge in [-0.05, 0) is 24.3 Å². The molecule has 0 N–H and O–H groups in total. The van der Waals surface area contributed by atoms with Gasteiger partial charge in [0, 0.05) is 17.7 Å². The number of ether oxygens (including phenoxy) is 1. The van der Waals surface area contributed by atoms with Crippen molar-refractivity contribution >= 4 is 33.3 Å². The highest BCUT2D eigenvalue weighted by atomic mass is 32.2. The van der Waals surface area contributed by atoms with Crippen molar-refractivity contribution in [2.75, 3.05) is 0 Å². The van der Waals surface area contributed by atoms with E-state index < -0.39 is 48.7 Å². The molecule has 0 saturated heterocycles. The van der Waals surface area contributed by atoms with E-state index in [-0.39, 0.29) is 10.5 Å². The van der Waals surface area contributed by atoms with Gasteiger partial charge >= 0.3 is 5.97 Å². The van der Waals surface area contributed by atoms with Crippen LogP contribution in [-0.4, -0.2) is 30.1 Å². The molecule has 0 aliphatic carbocycles. The minimum absolute atomic E-state index is 0.125. The number of sulfonamides is 1. The molecule has 11 nitrogen and oxygen atoms in total. The average molecular weight is 455 g/mol. The maximum Gasteiger partial charge on any atom is 0.345 e. The summed E-state index contributed by atoms with van der Waals surface area (Å²) in [5, 5.41) is 22.1. The van der Waals surface area contributed by atoms with Crippen LogP contribution in [0.2, 0.25) is 0 Å². The zero-order chi connectivity index (χ0) is 23.3. The molecule has 3 aromatic carbocycles. The molecule has 3 aromatic rings. The Balaban J connectivity index is 2.06. The molecule has 0 saturated carbocycles.